The van der Waals surface area contributed by atoms with Crippen LogP contribution in [0.5, 0.6) is 0 Å². The van der Waals surface area contributed by atoms with Gasteiger partial charge in [-0.05, 0) is 37.5 Å². The van der Waals surface area contributed by atoms with Gasteiger partial charge in [0.15, 0.2) is 5.96 Å². The van der Waals surface area contributed by atoms with Crippen LogP contribution >= 0.6 is 0 Å². The maximum atomic E-state index is 12.0. The Morgan fingerprint density at radius 1 is 1.20 bits per heavy atom. The number of hydrogen-bond acceptors (Lipinski definition) is 3. The third kappa shape index (κ3) is 4.87. The van der Waals surface area contributed by atoms with Crippen LogP contribution in [0.25, 0.3) is 0 Å². The number of likely N-dealkylation sites (N-methyl/N-ethyl adjacent to an activating group) is 1. The number of carbonyl (C=O) groups is 1. The fraction of sp³-hybridized carbons (Fsp3) is 0.895. The first-order valence-corrected chi connectivity index (χ1v) is 9.92. The van der Waals surface area contributed by atoms with E-state index in [0.717, 1.165) is 45.1 Å². The van der Waals surface area contributed by atoms with Gasteiger partial charge >= 0.3 is 0 Å². The van der Waals surface area contributed by atoms with Gasteiger partial charge in [-0.25, -0.2) is 4.99 Å². The van der Waals surface area contributed by atoms with E-state index < -0.39 is 0 Å². The maximum Gasteiger partial charge on any atom is 0.243 e. The number of amides is 1. The summed E-state index contributed by atoms with van der Waals surface area (Å²) in [6.45, 7) is 4.00. The highest BCUT2D eigenvalue weighted by Crippen LogP contribution is 2.43. The van der Waals surface area contributed by atoms with Crippen molar-refractivity contribution >= 4 is 11.9 Å². The Balaban J connectivity index is 1.66. The Bertz CT molecular complexity index is 480. The molecule has 6 heteroatoms. The molecule has 3 fully saturated rings. The van der Waals surface area contributed by atoms with Crippen molar-refractivity contribution in [3.05, 3.63) is 0 Å². The van der Waals surface area contributed by atoms with Gasteiger partial charge in [-0.1, -0.05) is 19.3 Å². The molecular formula is C19H34N4O2. The molecule has 1 saturated carbocycles. The quantitative estimate of drug-likeness (QED) is 0.623. The molecule has 1 spiro atoms. The summed E-state index contributed by atoms with van der Waals surface area (Å²) < 4.78 is 5.47. The lowest BCUT2D eigenvalue weighted by atomic mass is 9.73. The molecule has 1 aliphatic carbocycles. The standard InChI is InChI=1S/C19H34N4O2/c1-22(2)17(24)14-20-18(21-16-6-12-25-13-7-16)23-11-10-19(15-23)8-4-3-5-9-19/h16H,3-15H2,1-2H3,(H,20,21). The molecule has 0 unspecified atom stereocenters. The van der Waals surface area contributed by atoms with E-state index in [0.29, 0.717) is 11.5 Å². The van der Waals surface area contributed by atoms with Crippen LogP contribution < -0.4 is 5.32 Å². The predicted molar refractivity (Wildman–Crippen MR) is 99.7 cm³/mol. The number of nitrogens with one attached hydrogen (secondary N) is 1. The topological polar surface area (TPSA) is 57.2 Å². The monoisotopic (exact) mass is 350 g/mol. The zero-order valence-corrected chi connectivity index (χ0v) is 15.9. The van der Waals surface area contributed by atoms with E-state index in [1.54, 1.807) is 19.0 Å². The number of carbonyl (C=O) groups excluding carboxylic acids is 1. The Morgan fingerprint density at radius 2 is 1.92 bits per heavy atom. The van der Waals surface area contributed by atoms with Crippen LogP contribution in [0.1, 0.15) is 51.4 Å². The average molecular weight is 351 g/mol. The summed E-state index contributed by atoms with van der Waals surface area (Å²) >= 11 is 0. The Labute approximate surface area is 152 Å². The predicted octanol–water partition coefficient (Wildman–Crippen LogP) is 1.86. The molecule has 3 aliphatic rings. The molecule has 142 valence electrons. The summed E-state index contributed by atoms with van der Waals surface area (Å²) in [4.78, 5) is 20.7. The molecule has 0 radical (unpaired) electrons. The molecule has 0 atom stereocenters. The zero-order chi connectivity index (χ0) is 17.7. The van der Waals surface area contributed by atoms with Gasteiger partial charge in [0.25, 0.3) is 0 Å². The van der Waals surface area contributed by atoms with Gasteiger partial charge in [0.2, 0.25) is 5.91 Å². The number of rotatable bonds is 3. The SMILES string of the molecule is CN(C)C(=O)CN=C(NC1CCOCC1)N1CCC2(CCCCC2)C1. The number of ether oxygens (including phenoxy) is 1. The van der Waals surface area contributed by atoms with Crippen LogP contribution in [-0.2, 0) is 9.53 Å². The number of likely N-dealkylation sites (tertiary alicyclic amines) is 1. The Hall–Kier alpha value is -1.30. The fourth-order valence-electron chi connectivity index (χ4n) is 4.37. The van der Waals surface area contributed by atoms with Gasteiger partial charge in [-0.3, -0.25) is 4.79 Å². The van der Waals surface area contributed by atoms with Gasteiger partial charge in [-0.15, -0.1) is 0 Å². The first kappa shape index (κ1) is 18.5. The van der Waals surface area contributed by atoms with Crippen LogP contribution in [0.4, 0.5) is 0 Å². The average Bonchev–Trinajstić information content (AvgIpc) is 3.03. The molecule has 2 heterocycles. The number of hydrogen-bond donors (Lipinski definition) is 1. The van der Waals surface area contributed by atoms with E-state index in [1.165, 1.54) is 38.5 Å². The van der Waals surface area contributed by atoms with Crippen molar-refractivity contribution in [1.29, 1.82) is 0 Å². The van der Waals surface area contributed by atoms with E-state index in [9.17, 15) is 4.79 Å². The number of aliphatic imine (C=N–C) groups is 1. The molecule has 2 aliphatic heterocycles. The third-order valence-corrected chi connectivity index (χ3v) is 6.07. The molecule has 0 aromatic rings. The van der Waals surface area contributed by atoms with Gasteiger partial charge < -0.3 is 19.9 Å². The van der Waals surface area contributed by atoms with E-state index in [1.807, 2.05) is 0 Å². The molecule has 3 rings (SSSR count). The van der Waals surface area contributed by atoms with E-state index in [2.05, 4.69) is 10.2 Å². The van der Waals surface area contributed by atoms with Crippen LogP contribution in [0.3, 0.4) is 0 Å². The molecular weight excluding hydrogens is 316 g/mol. The van der Waals surface area contributed by atoms with Gasteiger partial charge in [0.1, 0.15) is 6.54 Å². The smallest absolute Gasteiger partial charge is 0.243 e. The highest BCUT2D eigenvalue weighted by Gasteiger charge is 2.40. The molecule has 25 heavy (non-hydrogen) atoms. The van der Waals surface area contributed by atoms with Crippen LogP contribution in [0.15, 0.2) is 4.99 Å². The first-order chi connectivity index (χ1) is 12.1. The van der Waals surface area contributed by atoms with E-state index in [4.69, 9.17) is 9.73 Å². The van der Waals surface area contributed by atoms with Gasteiger partial charge in [-0.2, -0.15) is 0 Å². The van der Waals surface area contributed by atoms with Crippen molar-refractivity contribution in [3.8, 4) is 0 Å². The lowest BCUT2D eigenvalue weighted by molar-refractivity contribution is -0.127. The zero-order valence-electron chi connectivity index (χ0n) is 15.9. The van der Waals surface area contributed by atoms with E-state index >= 15 is 0 Å². The Morgan fingerprint density at radius 3 is 2.60 bits per heavy atom. The van der Waals surface area contributed by atoms with Crippen molar-refractivity contribution in [1.82, 2.24) is 15.1 Å². The van der Waals surface area contributed by atoms with Gasteiger partial charge in [0.05, 0.1) is 0 Å². The van der Waals surface area contributed by atoms with Crippen LogP contribution in [0, 0.1) is 5.41 Å². The molecule has 1 N–H and O–H groups in total. The van der Waals surface area contributed by atoms with Crippen molar-refractivity contribution in [2.24, 2.45) is 10.4 Å². The molecule has 0 bridgehead atoms. The lowest BCUT2D eigenvalue weighted by Crippen LogP contribution is -2.48. The largest absolute Gasteiger partial charge is 0.381 e. The number of nitrogens with zero attached hydrogens (tertiary/aromatic N) is 3. The minimum atomic E-state index is 0.0536. The third-order valence-electron chi connectivity index (χ3n) is 6.07. The Kier molecular flexibility index (Phi) is 6.20. The summed E-state index contributed by atoms with van der Waals surface area (Å²) in [6, 6.07) is 0.407. The summed E-state index contributed by atoms with van der Waals surface area (Å²) in [5.74, 6) is 0.988. The van der Waals surface area contributed by atoms with E-state index in [-0.39, 0.29) is 12.5 Å². The number of guanidine groups is 1. The summed E-state index contributed by atoms with van der Waals surface area (Å²) in [5, 5.41) is 3.64. The van der Waals surface area contributed by atoms with Crippen molar-refractivity contribution in [3.63, 3.8) is 0 Å². The molecule has 1 amide bonds. The maximum absolute atomic E-state index is 12.0. The minimum absolute atomic E-state index is 0.0536. The highest BCUT2D eigenvalue weighted by atomic mass is 16.5. The normalized spacial score (nSPS) is 24.6. The first-order valence-electron chi connectivity index (χ1n) is 9.92. The molecule has 0 aromatic carbocycles. The van der Waals surface area contributed by atoms with Crippen LogP contribution in [-0.4, -0.2) is 74.7 Å². The fourth-order valence-corrected chi connectivity index (χ4v) is 4.37. The second kappa shape index (κ2) is 8.39. The second-order valence-corrected chi connectivity index (χ2v) is 8.19. The van der Waals surface area contributed by atoms with Crippen molar-refractivity contribution in [2.75, 3.05) is 46.9 Å². The molecule has 0 aromatic heterocycles. The minimum Gasteiger partial charge on any atom is -0.381 e. The second-order valence-electron chi connectivity index (χ2n) is 8.19. The summed E-state index contributed by atoms with van der Waals surface area (Å²) in [5.41, 5.74) is 0.488. The van der Waals surface area contributed by atoms with Crippen molar-refractivity contribution < 1.29 is 9.53 Å². The highest BCUT2D eigenvalue weighted by molar-refractivity contribution is 5.85. The lowest BCUT2D eigenvalue weighted by Gasteiger charge is -2.34. The van der Waals surface area contributed by atoms with Gasteiger partial charge in [0, 0.05) is 46.4 Å². The molecule has 2 saturated heterocycles. The summed E-state index contributed by atoms with van der Waals surface area (Å²) in [6.07, 6.45) is 10.1. The van der Waals surface area contributed by atoms with Crippen LogP contribution in [0.2, 0.25) is 0 Å². The molecule has 6 nitrogen and oxygen atoms in total. The van der Waals surface area contributed by atoms with Crippen molar-refractivity contribution in [2.45, 2.75) is 57.4 Å². The summed E-state index contributed by atoms with van der Waals surface area (Å²) in [7, 11) is 3.58.